The van der Waals surface area contributed by atoms with Crippen LogP contribution in [0.25, 0.3) is 6.08 Å². The van der Waals surface area contributed by atoms with Crippen molar-refractivity contribution in [3.8, 4) is 0 Å². The first kappa shape index (κ1) is 20.9. The van der Waals surface area contributed by atoms with Crippen LogP contribution in [0.5, 0.6) is 0 Å². The number of ether oxygens (including phenoxy) is 1. The average Bonchev–Trinajstić information content (AvgIpc) is 3.26. The van der Waals surface area contributed by atoms with E-state index in [-0.39, 0.29) is 21.8 Å². The van der Waals surface area contributed by atoms with Crippen LogP contribution < -0.4 is 10.6 Å². The van der Waals surface area contributed by atoms with Gasteiger partial charge in [0, 0.05) is 11.8 Å². The molecule has 0 unspecified atom stereocenters. The summed E-state index contributed by atoms with van der Waals surface area (Å²) in [6.45, 7) is 0. The van der Waals surface area contributed by atoms with Crippen LogP contribution in [-0.4, -0.2) is 24.9 Å². The summed E-state index contributed by atoms with van der Waals surface area (Å²) in [7, 11) is 1.27. The summed E-state index contributed by atoms with van der Waals surface area (Å²) in [6.07, 6.45) is 2.82. The third kappa shape index (κ3) is 5.15. The molecular weight excluding hydrogens is 408 g/mol. The van der Waals surface area contributed by atoms with Gasteiger partial charge in [-0.2, -0.15) is 0 Å². The Kier molecular flexibility index (Phi) is 6.67. The van der Waals surface area contributed by atoms with Gasteiger partial charge in [-0.3, -0.25) is 9.59 Å². The predicted octanol–water partition coefficient (Wildman–Crippen LogP) is 4.13. The van der Waals surface area contributed by atoms with Gasteiger partial charge in [-0.1, -0.05) is 29.8 Å². The fourth-order valence-electron chi connectivity index (χ4n) is 2.55. The Hall–Kier alpha value is -3.84. The molecule has 0 aliphatic carbocycles. The molecule has 0 aliphatic rings. The summed E-state index contributed by atoms with van der Waals surface area (Å²) in [4.78, 5) is 37.2. The maximum atomic E-state index is 12.9. The SMILES string of the molecule is COC(=O)c1cccc(NC(=O)C(=Cc2ccco2)NC(=O)c2ccccc2Cl)c1. The van der Waals surface area contributed by atoms with Gasteiger partial charge in [0.05, 0.1) is 29.5 Å². The number of hydrogen-bond donors (Lipinski definition) is 2. The van der Waals surface area contributed by atoms with Crippen molar-refractivity contribution in [1.82, 2.24) is 5.32 Å². The Morgan fingerprint density at radius 1 is 1.03 bits per heavy atom. The highest BCUT2D eigenvalue weighted by atomic mass is 35.5. The lowest BCUT2D eigenvalue weighted by atomic mass is 10.2. The molecule has 0 spiro atoms. The molecule has 0 radical (unpaired) electrons. The Bertz CT molecular complexity index is 1110. The van der Waals surface area contributed by atoms with E-state index in [0.29, 0.717) is 11.4 Å². The highest BCUT2D eigenvalue weighted by Gasteiger charge is 2.18. The van der Waals surface area contributed by atoms with Crippen LogP contribution >= 0.6 is 11.6 Å². The lowest BCUT2D eigenvalue weighted by Crippen LogP contribution is -2.31. The summed E-state index contributed by atoms with van der Waals surface area (Å²) < 4.78 is 9.93. The van der Waals surface area contributed by atoms with Gasteiger partial charge in [-0.25, -0.2) is 4.79 Å². The number of halogens is 1. The molecule has 2 amide bonds. The van der Waals surface area contributed by atoms with Crippen LogP contribution in [0.4, 0.5) is 5.69 Å². The highest BCUT2D eigenvalue weighted by Crippen LogP contribution is 2.17. The molecule has 2 aromatic carbocycles. The van der Waals surface area contributed by atoms with Crippen molar-refractivity contribution in [2.45, 2.75) is 0 Å². The fourth-order valence-corrected chi connectivity index (χ4v) is 2.77. The molecule has 1 aromatic heterocycles. The zero-order chi connectivity index (χ0) is 21.5. The molecule has 0 aliphatic heterocycles. The zero-order valence-corrected chi connectivity index (χ0v) is 16.6. The average molecular weight is 425 g/mol. The van der Waals surface area contributed by atoms with E-state index in [4.69, 9.17) is 16.0 Å². The van der Waals surface area contributed by atoms with Crippen LogP contribution in [0.2, 0.25) is 5.02 Å². The number of carbonyl (C=O) groups excluding carboxylic acids is 3. The van der Waals surface area contributed by atoms with E-state index in [1.807, 2.05) is 0 Å². The maximum Gasteiger partial charge on any atom is 0.337 e. The number of methoxy groups -OCH3 is 1. The second kappa shape index (κ2) is 9.58. The van der Waals surface area contributed by atoms with Gasteiger partial charge in [0.25, 0.3) is 11.8 Å². The minimum atomic E-state index is -0.617. The van der Waals surface area contributed by atoms with E-state index in [1.165, 1.54) is 25.5 Å². The van der Waals surface area contributed by atoms with Crippen molar-refractivity contribution in [2.24, 2.45) is 0 Å². The van der Waals surface area contributed by atoms with E-state index in [9.17, 15) is 14.4 Å². The number of hydrogen-bond acceptors (Lipinski definition) is 5. The summed E-state index contributed by atoms with van der Waals surface area (Å²) in [6, 6.07) is 16.0. The monoisotopic (exact) mass is 424 g/mol. The third-order valence-electron chi connectivity index (χ3n) is 3.98. The van der Waals surface area contributed by atoms with Gasteiger partial charge in [0.15, 0.2) is 0 Å². The lowest BCUT2D eigenvalue weighted by Gasteiger charge is -2.12. The third-order valence-corrected chi connectivity index (χ3v) is 4.31. The Morgan fingerprint density at radius 3 is 2.53 bits per heavy atom. The van der Waals surface area contributed by atoms with Crippen molar-refractivity contribution in [2.75, 3.05) is 12.4 Å². The lowest BCUT2D eigenvalue weighted by molar-refractivity contribution is -0.113. The summed E-state index contributed by atoms with van der Waals surface area (Å²) >= 11 is 6.07. The van der Waals surface area contributed by atoms with Gasteiger partial charge in [0.1, 0.15) is 11.5 Å². The van der Waals surface area contributed by atoms with Crippen molar-refractivity contribution in [3.05, 3.63) is 94.5 Å². The minimum Gasteiger partial charge on any atom is -0.465 e. The van der Waals surface area contributed by atoms with Crippen LogP contribution in [0.1, 0.15) is 26.5 Å². The second-order valence-corrected chi connectivity index (χ2v) is 6.44. The number of nitrogens with one attached hydrogen (secondary N) is 2. The molecular formula is C22H17ClN2O5. The van der Waals surface area contributed by atoms with E-state index < -0.39 is 17.8 Å². The quantitative estimate of drug-likeness (QED) is 0.458. The van der Waals surface area contributed by atoms with Crippen LogP contribution in [0, 0.1) is 0 Å². The molecule has 152 valence electrons. The van der Waals surface area contributed by atoms with Crippen molar-refractivity contribution < 1.29 is 23.5 Å². The first-order chi connectivity index (χ1) is 14.5. The Labute approximate surface area is 177 Å². The molecule has 0 fully saturated rings. The number of amides is 2. The molecule has 3 rings (SSSR count). The number of carbonyl (C=O) groups is 3. The largest absolute Gasteiger partial charge is 0.465 e. The first-order valence-corrected chi connectivity index (χ1v) is 9.16. The number of furan rings is 1. The molecule has 7 nitrogen and oxygen atoms in total. The molecule has 0 saturated heterocycles. The second-order valence-electron chi connectivity index (χ2n) is 6.03. The van der Waals surface area contributed by atoms with Crippen molar-refractivity contribution in [3.63, 3.8) is 0 Å². The van der Waals surface area contributed by atoms with E-state index in [0.717, 1.165) is 0 Å². The van der Waals surface area contributed by atoms with Crippen LogP contribution in [0.15, 0.2) is 77.0 Å². The standard InChI is InChI=1S/C22H17ClN2O5/c1-29-22(28)14-6-4-7-15(12-14)24-21(27)19(13-16-8-5-11-30-16)25-20(26)17-9-2-3-10-18(17)23/h2-13H,1H3,(H,24,27)(H,25,26). The molecule has 30 heavy (non-hydrogen) atoms. The normalized spacial score (nSPS) is 10.9. The fraction of sp³-hybridized carbons (Fsp3) is 0.0455. The molecule has 3 aromatic rings. The predicted molar refractivity (Wildman–Crippen MR) is 112 cm³/mol. The van der Waals surface area contributed by atoms with E-state index >= 15 is 0 Å². The topological polar surface area (TPSA) is 97.6 Å². The van der Waals surface area contributed by atoms with Crippen molar-refractivity contribution >= 4 is 41.1 Å². The van der Waals surface area contributed by atoms with Crippen LogP contribution in [0.3, 0.4) is 0 Å². The molecule has 0 bridgehead atoms. The van der Waals surface area contributed by atoms with Gasteiger partial charge in [-0.15, -0.1) is 0 Å². The molecule has 0 atom stereocenters. The van der Waals surface area contributed by atoms with Crippen LogP contribution in [-0.2, 0) is 9.53 Å². The number of benzene rings is 2. The van der Waals surface area contributed by atoms with Gasteiger partial charge in [-0.05, 0) is 42.5 Å². The van der Waals surface area contributed by atoms with Gasteiger partial charge >= 0.3 is 5.97 Å². The van der Waals surface area contributed by atoms with E-state index in [2.05, 4.69) is 15.4 Å². The number of rotatable bonds is 6. The van der Waals surface area contributed by atoms with E-state index in [1.54, 1.807) is 54.6 Å². The maximum absolute atomic E-state index is 12.9. The minimum absolute atomic E-state index is 0.0710. The summed E-state index contributed by atoms with van der Waals surface area (Å²) in [5.74, 6) is -1.35. The summed E-state index contributed by atoms with van der Waals surface area (Å²) in [5, 5.41) is 5.44. The first-order valence-electron chi connectivity index (χ1n) is 8.78. The zero-order valence-electron chi connectivity index (χ0n) is 15.8. The number of anilines is 1. The summed E-state index contributed by atoms with van der Waals surface area (Å²) in [5.41, 5.74) is 0.760. The molecule has 8 heteroatoms. The molecule has 0 saturated carbocycles. The molecule has 2 N–H and O–H groups in total. The Morgan fingerprint density at radius 2 is 1.83 bits per heavy atom. The smallest absolute Gasteiger partial charge is 0.337 e. The van der Waals surface area contributed by atoms with Gasteiger partial charge in [0.2, 0.25) is 0 Å². The van der Waals surface area contributed by atoms with Gasteiger partial charge < -0.3 is 19.8 Å². The Balaban J connectivity index is 1.86. The molecule has 1 heterocycles. The highest BCUT2D eigenvalue weighted by molar-refractivity contribution is 6.34. The van der Waals surface area contributed by atoms with Crippen molar-refractivity contribution in [1.29, 1.82) is 0 Å². The number of esters is 1.